The number of hydrogen-bond donors (Lipinski definition) is 0. The van der Waals surface area contributed by atoms with Gasteiger partial charge in [-0.1, -0.05) is 40.2 Å². The molecule has 0 fully saturated rings. The van der Waals surface area contributed by atoms with Crippen molar-refractivity contribution in [2.75, 3.05) is 13.2 Å². The average Bonchev–Trinajstić information content (AvgIpc) is 3.02. The number of ether oxygens (including phenoxy) is 3. The van der Waals surface area contributed by atoms with Gasteiger partial charge in [0.05, 0.1) is 11.6 Å². The molecule has 1 aliphatic rings. The van der Waals surface area contributed by atoms with Crippen molar-refractivity contribution in [1.29, 1.82) is 0 Å². The maximum Gasteiger partial charge on any atom is 0.363 e. The molecular weight excluding hydrogens is 446 g/mol. The van der Waals surface area contributed by atoms with Gasteiger partial charge in [-0.25, -0.2) is 9.79 Å². The number of nitrogens with zero attached hydrogens (tertiary/aromatic N) is 1. The van der Waals surface area contributed by atoms with Gasteiger partial charge in [0.2, 0.25) is 5.90 Å². The number of halogens is 2. The van der Waals surface area contributed by atoms with Crippen molar-refractivity contribution in [1.82, 2.24) is 0 Å². The van der Waals surface area contributed by atoms with Crippen LogP contribution in [0.15, 0.2) is 64.2 Å². The molecule has 0 N–H and O–H groups in total. The molecule has 3 rings (SSSR count). The van der Waals surface area contributed by atoms with Crippen molar-refractivity contribution >= 4 is 45.5 Å². The highest BCUT2D eigenvalue weighted by atomic mass is 79.9. The summed E-state index contributed by atoms with van der Waals surface area (Å²) in [6.07, 6.45) is 3.22. The first-order chi connectivity index (χ1) is 13.5. The molecule has 0 radical (unpaired) electrons. The zero-order chi connectivity index (χ0) is 20.1. The van der Waals surface area contributed by atoms with Crippen molar-refractivity contribution in [2.24, 2.45) is 4.99 Å². The second kappa shape index (κ2) is 9.08. The molecule has 28 heavy (non-hydrogen) atoms. The third-order valence-electron chi connectivity index (χ3n) is 3.69. The minimum atomic E-state index is -0.529. The van der Waals surface area contributed by atoms with Crippen LogP contribution in [0.4, 0.5) is 0 Å². The van der Waals surface area contributed by atoms with Crippen LogP contribution in [-0.2, 0) is 9.53 Å². The number of esters is 1. The Labute approximate surface area is 176 Å². The Kier molecular flexibility index (Phi) is 6.54. The highest BCUT2D eigenvalue weighted by molar-refractivity contribution is 9.10. The van der Waals surface area contributed by atoms with Crippen LogP contribution in [0, 0.1) is 0 Å². The van der Waals surface area contributed by atoms with E-state index in [0.717, 1.165) is 4.47 Å². The minimum absolute atomic E-state index is 0.177. The number of carbonyl (C=O) groups excluding carboxylic acids is 1. The lowest BCUT2D eigenvalue weighted by Gasteiger charge is -2.13. The molecule has 0 atom stereocenters. The normalized spacial score (nSPS) is 14.6. The summed E-state index contributed by atoms with van der Waals surface area (Å²) < 4.78 is 17.4. The van der Waals surface area contributed by atoms with Gasteiger partial charge in [-0.15, -0.1) is 0 Å². The fourth-order valence-electron chi connectivity index (χ4n) is 2.50. The highest BCUT2D eigenvalue weighted by Gasteiger charge is 2.24. The van der Waals surface area contributed by atoms with Gasteiger partial charge in [0.1, 0.15) is 6.61 Å². The van der Waals surface area contributed by atoms with E-state index in [-0.39, 0.29) is 11.6 Å². The lowest BCUT2D eigenvalue weighted by atomic mass is 10.1. The topological polar surface area (TPSA) is 57.1 Å². The first kappa shape index (κ1) is 20.2. The van der Waals surface area contributed by atoms with Crippen LogP contribution < -0.4 is 9.47 Å². The standard InChI is InChI=1S/C21H17BrClNO4/c1-3-9-27-19-16(23)10-13(12-18(19)26-4-2)11-17-21(25)28-20(24-17)14-5-7-15(22)8-6-14/h3,5-8,10-12H,1,4,9H2,2H3/b17-11-. The van der Waals surface area contributed by atoms with Crippen molar-refractivity contribution in [3.63, 3.8) is 0 Å². The quantitative estimate of drug-likeness (QED) is 0.314. The monoisotopic (exact) mass is 461 g/mol. The number of rotatable bonds is 7. The van der Waals surface area contributed by atoms with Gasteiger partial charge in [0.25, 0.3) is 0 Å². The van der Waals surface area contributed by atoms with E-state index in [1.54, 1.807) is 24.3 Å². The third kappa shape index (κ3) is 4.64. The Bertz CT molecular complexity index is 967. The van der Waals surface area contributed by atoms with Gasteiger partial charge >= 0.3 is 5.97 Å². The SMILES string of the molecule is C=CCOc1c(Cl)cc(/C=C2\N=C(c3ccc(Br)cc3)OC2=O)cc1OCC. The van der Waals surface area contributed by atoms with Gasteiger partial charge in [-0.2, -0.15) is 0 Å². The molecule has 0 saturated carbocycles. The zero-order valence-electron chi connectivity index (χ0n) is 15.1. The van der Waals surface area contributed by atoms with Gasteiger partial charge in [0, 0.05) is 10.0 Å². The summed E-state index contributed by atoms with van der Waals surface area (Å²) >= 11 is 9.71. The van der Waals surface area contributed by atoms with E-state index in [1.807, 2.05) is 31.2 Å². The summed E-state index contributed by atoms with van der Waals surface area (Å²) in [6.45, 7) is 6.22. The lowest BCUT2D eigenvalue weighted by molar-refractivity contribution is -0.129. The molecule has 144 valence electrons. The molecule has 2 aromatic rings. The molecule has 0 spiro atoms. The summed E-state index contributed by atoms with van der Waals surface area (Å²) in [4.78, 5) is 16.5. The first-order valence-electron chi connectivity index (χ1n) is 8.50. The lowest BCUT2D eigenvalue weighted by Crippen LogP contribution is -2.05. The number of aliphatic imine (C=N–C) groups is 1. The molecule has 1 aliphatic heterocycles. The van der Waals surface area contributed by atoms with E-state index in [4.69, 9.17) is 25.8 Å². The van der Waals surface area contributed by atoms with Crippen LogP contribution in [-0.4, -0.2) is 25.1 Å². The van der Waals surface area contributed by atoms with E-state index in [0.29, 0.717) is 40.9 Å². The number of cyclic esters (lactones) is 1. The van der Waals surface area contributed by atoms with Crippen molar-refractivity contribution in [3.8, 4) is 11.5 Å². The summed E-state index contributed by atoms with van der Waals surface area (Å²) in [5.41, 5.74) is 1.53. The van der Waals surface area contributed by atoms with Gasteiger partial charge in [0.15, 0.2) is 17.2 Å². The molecular formula is C21H17BrClNO4. The Balaban J connectivity index is 1.94. The summed E-state index contributed by atoms with van der Waals surface area (Å²) in [6, 6.07) is 10.7. The average molecular weight is 463 g/mol. The molecule has 0 unspecified atom stereocenters. The Hall–Kier alpha value is -2.57. The fraction of sp³-hybridized carbons (Fsp3) is 0.143. The number of carbonyl (C=O) groups is 1. The van der Waals surface area contributed by atoms with E-state index in [9.17, 15) is 4.79 Å². The molecule has 0 aliphatic carbocycles. The van der Waals surface area contributed by atoms with Gasteiger partial charge < -0.3 is 14.2 Å². The zero-order valence-corrected chi connectivity index (χ0v) is 17.4. The summed E-state index contributed by atoms with van der Waals surface area (Å²) in [5.74, 6) is 0.635. The Morgan fingerprint density at radius 3 is 2.68 bits per heavy atom. The van der Waals surface area contributed by atoms with E-state index >= 15 is 0 Å². The van der Waals surface area contributed by atoms with Crippen molar-refractivity contribution in [2.45, 2.75) is 6.92 Å². The maximum absolute atomic E-state index is 12.2. The molecule has 0 aromatic heterocycles. The predicted molar refractivity (Wildman–Crippen MR) is 113 cm³/mol. The first-order valence-corrected chi connectivity index (χ1v) is 9.67. The Morgan fingerprint density at radius 1 is 1.25 bits per heavy atom. The molecule has 2 aromatic carbocycles. The van der Waals surface area contributed by atoms with Crippen LogP contribution in [0.5, 0.6) is 11.5 Å². The van der Waals surface area contributed by atoms with E-state index in [1.165, 1.54) is 0 Å². The van der Waals surface area contributed by atoms with E-state index < -0.39 is 5.97 Å². The molecule has 5 nitrogen and oxygen atoms in total. The van der Waals surface area contributed by atoms with Crippen LogP contribution in [0.1, 0.15) is 18.1 Å². The summed E-state index contributed by atoms with van der Waals surface area (Å²) in [7, 11) is 0. The number of benzene rings is 2. The van der Waals surface area contributed by atoms with Gasteiger partial charge in [-0.05, 0) is 55.0 Å². The molecule has 0 saturated heterocycles. The second-order valence-electron chi connectivity index (χ2n) is 5.71. The molecule has 7 heteroatoms. The van der Waals surface area contributed by atoms with Crippen LogP contribution >= 0.6 is 27.5 Å². The second-order valence-corrected chi connectivity index (χ2v) is 7.03. The van der Waals surface area contributed by atoms with Gasteiger partial charge in [-0.3, -0.25) is 0 Å². The Morgan fingerprint density at radius 2 is 2.00 bits per heavy atom. The minimum Gasteiger partial charge on any atom is -0.490 e. The largest absolute Gasteiger partial charge is 0.490 e. The fourth-order valence-corrected chi connectivity index (χ4v) is 3.04. The molecule has 0 amide bonds. The van der Waals surface area contributed by atoms with Crippen LogP contribution in [0.3, 0.4) is 0 Å². The highest BCUT2D eigenvalue weighted by Crippen LogP contribution is 2.37. The maximum atomic E-state index is 12.2. The molecule has 0 bridgehead atoms. The van der Waals surface area contributed by atoms with Crippen molar-refractivity contribution < 1.29 is 19.0 Å². The number of hydrogen-bond acceptors (Lipinski definition) is 5. The predicted octanol–water partition coefficient (Wildman–Crippen LogP) is 5.41. The van der Waals surface area contributed by atoms with Crippen LogP contribution in [0.25, 0.3) is 6.08 Å². The smallest absolute Gasteiger partial charge is 0.363 e. The van der Waals surface area contributed by atoms with E-state index in [2.05, 4.69) is 27.5 Å². The molecule has 1 heterocycles. The van der Waals surface area contributed by atoms with Crippen molar-refractivity contribution in [3.05, 3.63) is 75.4 Å². The third-order valence-corrected chi connectivity index (χ3v) is 4.50. The summed E-state index contributed by atoms with van der Waals surface area (Å²) in [5, 5.41) is 0.364. The van der Waals surface area contributed by atoms with Crippen LogP contribution in [0.2, 0.25) is 5.02 Å².